The maximum Gasteiger partial charge on any atom is 0.150 e. The van der Waals surface area contributed by atoms with E-state index in [1.54, 1.807) is 17.7 Å². The Kier molecular flexibility index (Phi) is 4.86. The third-order valence-corrected chi connectivity index (χ3v) is 6.99. The van der Waals surface area contributed by atoms with Gasteiger partial charge in [-0.25, -0.2) is 15.0 Å². The number of aryl methyl sites for hydroxylation is 2. The SMILES string of the molecule is Cc1cc(C)c2c(n1)sc1c(N3CCN(Cc4ccccc4Cl)CC3)ncnc12. The molecule has 0 spiro atoms. The van der Waals surface area contributed by atoms with Crippen LogP contribution >= 0.6 is 22.9 Å². The molecule has 1 aliphatic heterocycles. The first-order valence-corrected chi connectivity index (χ1v) is 11.0. The van der Waals surface area contributed by atoms with Crippen molar-refractivity contribution in [2.45, 2.75) is 20.4 Å². The van der Waals surface area contributed by atoms with Gasteiger partial charge in [0, 0.05) is 48.8 Å². The molecule has 5 rings (SSSR count). The predicted octanol–water partition coefficient (Wildman–Crippen LogP) is 4.83. The Morgan fingerprint density at radius 2 is 1.86 bits per heavy atom. The van der Waals surface area contributed by atoms with Gasteiger partial charge < -0.3 is 4.90 Å². The van der Waals surface area contributed by atoms with Gasteiger partial charge in [0.25, 0.3) is 0 Å². The summed E-state index contributed by atoms with van der Waals surface area (Å²) >= 11 is 8.04. The van der Waals surface area contributed by atoms with Crippen molar-refractivity contribution in [3.05, 3.63) is 58.5 Å². The molecular formula is C22H22ClN5S. The molecule has 5 nitrogen and oxygen atoms in total. The number of halogens is 1. The molecule has 0 amide bonds. The molecule has 0 atom stereocenters. The highest BCUT2D eigenvalue weighted by Gasteiger charge is 2.23. The largest absolute Gasteiger partial charge is 0.353 e. The highest BCUT2D eigenvalue weighted by Crippen LogP contribution is 2.38. The number of pyridine rings is 1. The van der Waals surface area contributed by atoms with Crippen molar-refractivity contribution >= 4 is 49.2 Å². The van der Waals surface area contributed by atoms with Gasteiger partial charge in [-0.15, -0.1) is 11.3 Å². The standard InChI is InChI=1S/C22H22ClN5S/c1-14-11-15(2)26-22-18(14)19-20(29-22)21(25-13-24-19)28-9-7-27(8-10-28)12-16-5-3-4-6-17(16)23/h3-6,11,13H,7-10,12H2,1-2H3. The lowest BCUT2D eigenvalue weighted by Gasteiger charge is -2.35. The summed E-state index contributed by atoms with van der Waals surface area (Å²) in [6.07, 6.45) is 1.69. The van der Waals surface area contributed by atoms with Crippen LogP contribution in [0.1, 0.15) is 16.8 Å². The monoisotopic (exact) mass is 423 g/mol. The second-order valence-electron chi connectivity index (χ2n) is 7.59. The number of piperazine rings is 1. The fourth-order valence-electron chi connectivity index (χ4n) is 4.11. The average molecular weight is 424 g/mol. The van der Waals surface area contributed by atoms with Crippen molar-refractivity contribution in [3.8, 4) is 0 Å². The first-order valence-electron chi connectivity index (χ1n) is 9.82. The number of aromatic nitrogens is 3. The Morgan fingerprint density at radius 3 is 2.66 bits per heavy atom. The van der Waals surface area contributed by atoms with Crippen LogP contribution in [0.4, 0.5) is 5.82 Å². The number of benzene rings is 1. The highest BCUT2D eigenvalue weighted by molar-refractivity contribution is 7.26. The molecular weight excluding hydrogens is 402 g/mol. The van der Waals surface area contributed by atoms with Crippen LogP contribution in [0.15, 0.2) is 36.7 Å². The Balaban J connectivity index is 1.41. The number of thiophene rings is 1. The van der Waals surface area contributed by atoms with E-state index in [9.17, 15) is 0 Å². The average Bonchev–Trinajstić information content (AvgIpc) is 3.09. The van der Waals surface area contributed by atoms with E-state index in [0.717, 1.165) is 69.7 Å². The van der Waals surface area contributed by atoms with Crippen molar-refractivity contribution < 1.29 is 0 Å². The molecule has 4 aromatic rings. The fourth-order valence-corrected chi connectivity index (χ4v) is 5.57. The second-order valence-corrected chi connectivity index (χ2v) is 9.00. The van der Waals surface area contributed by atoms with E-state index in [2.05, 4.69) is 38.8 Å². The Bertz CT molecular complexity index is 1200. The summed E-state index contributed by atoms with van der Waals surface area (Å²) in [6.45, 7) is 8.92. The molecule has 29 heavy (non-hydrogen) atoms. The molecule has 3 aromatic heterocycles. The summed E-state index contributed by atoms with van der Waals surface area (Å²) in [5.41, 5.74) is 4.49. The van der Waals surface area contributed by atoms with Gasteiger partial charge in [0.15, 0.2) is 0 Å². The summed E-state index contributed by atoms with van der Waals surface area (Å²) in [5, 5.41) is 2.01. The van der Waals surface area contributed by atoms with Crippen molar-refractivity contribution in [1.82, 2.24) is 19.9 Å². The minimum Gasteiger partial charge on any atom is -0.353 e. The quantitative estimate of drug-likeness (QED) is 0.472. The molecule has 148 valence electrons. The van der Waals surface area contributed by atoms with Crippen LogP contribution in [0.25, 0.3) is 20.4 Å². The molecule has 0 aliphatic carbocycles. The van der Waals surface area contributed by atoms with Crippen LogP contribution < -0.4 is 4.90 Å². The summed E-state index contributed by atoms with van der Waals surface area (Å²) in [6, 6.07) is 10.2. The topological polar surface area (TPSA) is 45.2 Å². The lowest BCUT2D eigenvalue weighted by Crippen LogP contribution is -2.46. The van der Waals surface area contributed by atoms with Gasteiger partial charge >= 0.3 is 0 Å². The third kappa shape index (κ3) is 3.45. The molecule has 1 fully saturated rings. The zero-order valence-electron chi connectivity index (χ0n) is 16.5. The van der Waals surface area contributed by atoms with Crippen LogP contribution in [0, 0.1) is 13.8 Å². The predicted molar refractivity (Wildman–Crippen MR) is 121 cm³/mol. The maximum atomic E-state index is 6.34. The molecule has 0 saturated carbocycles. The van der Waals surface area contributed by atoms with E-state index >= 15 is 0 Å². The number of hydrogen-bond acceptors (Lipinski definition) is 6. The van der Waals surface area contributed by atoms with Gasteiger partial charge in [0.05, 0.1) is 10.2 Å². The maximum absolute atomic E-state index is 6.34. The van der Waals surface area contributed by atoms with Crippen LogP contribution in [-0.4, -0.2) is 46.0 Å². The van der Waals surface area contributed by atoms with Gasteiger partial charge in [-0.3, -0.25) is 4.90 Å². The minimum absolute atomic E-state index is 0.843. The van der Waals surface area contributed by atoms with Crippen molar-refractivity contribution in [3.63, 3.8) is 0 Å². The summed E-state index contributed by atoms with van der Waals surface area (Å²) in [7, 11) is 0. The zero-order chi connectivity index (χ0) is 20.0. The van der Waals surface area contributed by atoms with Crippen molar-refractivity contribution in [2.24, 2.45) is 0 Å². The van der Waals surface area contributed by atoms with E-state index < -0.39 is 0 Å². The third-order valence-electron chi connectivity index (χ3n) is 5.56. The normalized spacial score (nSPS) is 15.5. The Hall–Kier alpha value is -2.28. The first kappa shape index (κ1) is 18.7. The molecule has 4 heterocycles. The second kappa shape index (κ2) is 7.52. The van der Waals surface area contributed by atoms with Crippen LogP contribution in [0.5, 0.6) is 0 Å². The van der Waals surface area contributed by atoms with Gasteiger partial charge in [-0.05, 0) is 37.1 Å². The van der Waals surface area contributed by atoms with Gasteiger partial charge in [-0.2, -0.15) is 0 Å². The van der Waals surface area contributed by atoms with Crippen molar-refractivity contribution in [1.29, 1.82) is 0 Å². The molecule has 0 radical (unpaired) electrons. The lowest BCUT2D eigenvalue weighted by atomic mass is 10.1. The molecule has 0 bridgehead atoms. The molecule has 0 unspecified atom stereocenters. The van der Waals surface area contributed by atoms with Gasteiger partial charge in [0.2, 0.25) is 0 Å². The van der Waals surface area contributed by atoms with E-state index in [1.807, 2.05) is 25.1 Å². The zero-order valence-corrected chi connectivity index (χ0v) is 18.1. The number of fused-ring (bicyclic) bond motifs is 3. The lowest BCUT2D eigenvalue weighted by molar-refractivity contribution is 0.249. The first-order chi connectivity index (χ1) is 14.1. The molecule has 1 aliphatic rings. The molecule has 7 heteroatoms. The van der Waals surface area contributed by atoms with Crippen LogP contribution in [0.2, 0.25) is 5.02 Å². The highest BCUT2D eigenvalue weighted by atomic mass is 35.5. The number of nitrogens with zero attached hydrogens (tertiary/aromatic N) is 5. The van der Waals surface area contributed by atoms with Crippen LogP contribution in [-0.2, 0) is 6.54 Å². The molecule has 0 N–H and O–H groups in total. The van der Waals surface area contributed by atoms with E-state index in [0.29, 0.717) is 0 Å². The van der Waals surface area contributed by atoms with Crippen molar-refractivity contribution in [2.75, 3.05) is 31.1 Å². The number of rotatable bonds is 3. The summed E-state index contributed by atoms with van der Waals surface area (Å²) < 4.78 is 1.14. The summed E-state index contributed by atoms with van der Waals surface area (Å²) in [5.74, 6) is 1.03. The smallest absolute Gasteiger partial charge is 0.150 e. The van der Waals surface area contributed by atoms with Gasteiger partial charge in [-0.1, -0.05) is 29.8 Å². The fraction of sp³-hybridized carbons (Fsp3) is 0.318. The minimum atomic E-state index is 0.843. The number of anilines is 1. The summed E-state index contributed by atoms with van der Waals surface area (Å²) in [4.78, 5) is 19.9. The Labute approximate surface area is 179 Å². The van der Waals surface area contributed by atoms with Gasteiger partial charge in [0.1, 0.15) is 17.0 Å². The van der Waals surface area contributed by atoms with E-state index in [-0.39, 0.29) is 0 Å². The number of hydrogen-bond donors (Lipinski definition) is 0. The van der Waals surface area contributed by atoms with E-state index in [4.69, 9.17) is 16.6 Å². The van der Waals surface area contributed by atoms with E-state index in [1.165, 1.54) is 11.1 Å². The Morgan fingerprint density at radius 1 is 1.07 bits per heavy atom. The molecule has 1 aromatic carbocycles. The molecule has 1 saturated heterocycles. The van der Waals surface area contributed by atoms with Crippen LogP contribution in [0.3, 0.4) is 0 Å².